The van der Waals surface area contributed by atoms with E-state index in [2.05, 4.69) is 10.5 Å². The van der Waals surface area contributed by atoms with Gasteiger partial charge < -0.3 is 19.6 Å². The van der Waals surface area contributed by atoms with Gasteiger partial charge in [-0.15, -0.1) is 0 Å². The van der Waals surface area contributed by atoms with Crippen LogP contribution in [0.1, 0.15) is 33.4 Å². The summed E-state index contributed by atoms with van der Waals surface area (Å²) < 4.78 is 11.1. The maximum absolute atomic E-state index is 12.4. The summed E-state index contributed by atoms with van der Waals surface area (Å²) in [6, 6.07) is 17.5. The second kappa shape index (κ2) is 11.2. The van der Waals surface area contributed by atoms with Crippen LogP contribution in [-0.4, -0.2) is 25.8 Å². The summed E-state index contributed by atoms with van der Waals surface area (Å²) in [5.74, 6) is 0.748. The molecule has 0 fully saturated rings. The lowest BCUT2D eigenvalue weighted by molar-refractivity contribution is -0.118. The van der Waals surface area contributed by atoms with Gasteiger partial charge in [-0.1, -0.05) is 52.7 Å². The zero-order valence-electron chi connectivity index (χ0n) is 19.8. The highest BCUT2D eigenvalue weighted by molar-refractivity contribution is 5.93. The van der Waals surface area contributed by atoms with Crippen LogP contribution >= 0.6 is 0 Å². The van der Waals surface area contributed by atoms with Gasteiger partial charge in [-0.3, -0.25) is 4.79 Å². The van der Waals surface area contributed by atoms with Crippen LogP contribution < -0.4 is 14.8 Å². The van der Waals surface area contributed by atoms with Crippen molar-refractivity contribution in [2.45, 2.75) is 34.3 Å². The van der Waals surface area contributed by atoms with E-state index in [-0.39, 0.29) is 12.5 Å². The highest BCUT2D eigenvalue weighted by Crippen LogP contribution is 2.28. The highest BCUT2D eigenvalue weighted by atomic mass is 16.6. The molecule has 0 saturated heterocycles. The number of rotatable bonds is 9. The van der Waals surface area contributed by atoms with Crippen molar-refractivity contribution in [3.05, 3.63) is 88.0 Å². The quantitative estimate of drug-likeness (QED) is 0.348. The number of carbonyl (C=O) groups is 1. The van der Waals surface area contributed by atoms with Crippen LogP contribution in [0, 0.1) is 27.7 Å². The number of aryl methyl sites for hydroxylation is 4. The van der Waals surface area contributed by atoms with Crippen molar-refractivity contribution >= 4 is 17.8 Å². The number of nitrogens with zero attached hydrogens (tertiary/aromatic N) is 1. The molecule has 0 aliphatic carbocycles. The molecular formula is C27H30N2O4. The fourth-order valence-corrected chi connectivity index (χ4v) is 3.47. The van der Waals surface area contributed by atoms with Gasteiger partial charge in [0.25, 0.3) is 5.91 Å². The number of benzene rings is 3. The average molecular weight is 447 g/mol. The topological polar surface area (TPSA) is 69.1 Å². The standard InChI is InChI=1S/C27H30N2O4/c1-18-6-8-22(9-7-18)16-33-28-15-23-10-11-24(25(14-23)31-5)32-17-26(30)29-27-20(3)12-19(2)13-21(27)4/h6-15H,16-17H2,1-5H3,(H,29,30)/b28-15-. The fraction of sp³-hybridized carbons (Fsp3) is 0.259. The highest BCUT2D eigenvalue weighted by Gasteiger charge is 2.11. The van der Waals surface area contributed by atoms with Gasteiger partial charge in [-0.2, -0.15) is 0 Å². The van der Waals surface area contributed by atoms with E-state index in [0.717, 1.165) is 33.5 Å². The van der Waals surface area contributed by atoms with E-state index < -0.39 is 0 Å². The van der Waals surface area contributed by atoms with Crippen molar-refractivity contribution in [3.8, 4) is 11.5 Å². The van der Waals surface area contributed by atoms with Gasteiger partial charge in [0.1, 0.15) is 6.61 Å². The summed E-state index contributed by atoms with van der Waals surface area (Å²) in [7, 11) is 1.55. The molecule has 33 heavy (non-hydrogen) atoms. The smallest absolute Gasteiger partial charge is 0.262 e. The number of ether oxygens (including phenoxy) is 2. The first-order valence-corrected chi connectivity index (χ1v) is 10.7. The molecule has 0 atom stereocenters. The van der Waals surface area contributed by atoms with Crippen molar-refractivity contribution in [3.63, 3.8) is 0 Å². The average Bonchev–Trinajstić information content (AvgIpc) is 2.79. The summed E-state index contributed by atoms with van der Waals surface area (Å²) in [6.07, 6.45) is 1.61. The van der Waals surface area contributed by atoms with Crippen molar-refractivity contribution in [1.29, 1.82) is 0 Å². The Bertz CT molecular complexity index is 1110. The number of hydrogen-bond acceptors (Lipinski definition) is 5. The number of oxime groups is 1. The molecule has 1 N–H and O–H groups in total. The van der Waals surface area contributed by atoms with Crippen LogP contribution in [0.3, 0.4) is 0 Å². The molecule has 0 spiro atoms. The van der Waals surface area contributed by atoms with Crippen molar-refractivity contribution < 1.29 is 19.1 Å². The van der Waals surface area contributed by atoms with E-state index in [1.807, 2.05) is 70.2 Å². The first-order chi connectivity index (χ1) is 15.9. The second-order valence-electron chi connectivity index (χ2n) is 8.01. The molecule has 6 heteroatoms. The minimum absolute atomic E-state index is 0.129. The van der Waals surface area contributed by atoms with Crippen LogP contribution in [0.15, 0.2) is 59.8 Å². The van der Waals surface area contributed by atoms with Gasteiger partial charge in [-0.05, 0) is 62.6 Å². The number of amides is 1. The molecule has 0 bridgehead atoms. The zero-order valence-corrected chi connectivity index (χ0v) is 19.8. The zero-order chi connectivity index (χ0) is 23.8. The maximum atomic E-state index is 12.4. The number of methoxy groups -OCH3 is 1. The van der Waals surface area contributed by atoms with Crippen LogP contribution in [0.5, 0.6) is 11.5 Å². The third-order valence-corrected chi connectivity index (χ3v) is 5.12. The van der Waals surface area contributed by atoms with Crippen molar-refractivity contribution in [1.82, 2.24) is 0 Å². The Morgan fingerprint density at radius 1 is 0.909 bits per heavy atom. The van der Waals surface area contributed by atoms with Gasteiger partial charge >= 0.3 is 0 Å². The summed E-state index contributed by atoms with van der Waals surface area (Å²) >= 11 is 0. The predicted octanol–water partition coefficient (Wildman–Crippen LogP) is 5.50. The predicted molar refractivity (Wildman–Crippen MR) is 131 cm³/mol. The van der Waals surface area contributed by atoms with E-state index in [9.17, 15) is 4.79 Å². The molecule has 3 aromatic rings. The number of hydrogen-bond donors (Lipinski definition) is 1. The first kappa shape index (κ1) is 23.9. The lowest BCUT2D eigenvalue weighted by atomic mass is 10.1. The van der Waals surface area contributed by atoms with Gasteiger partial charge in [0.15, 0.2) is 18.1 Å². The normalized spacial score (nSPS) is 10.8. The van der Waals surface area contributed by atoms with Crippen LogP contribution in [-0.2, 0) is 16.2 Å². The molecule has 0 aliphatic rings. The van der Waals surface area contributed by atoms with Crippen LogP contribution in [0.4, 0.5) is 5.69 Å². The molecule has 0 heterocycles. The lowest BCUT2D eigenvalue weighted by Crippen LogP contribution is -2.21. The van der Waals surface area contributed by atoms with Gasteiger partial charge in [0.05, 0.1) is 13.3 Å². The van der Waals surface area contributed by atoms with E-state index in [1.165, 1.54) is 5.56 Å². The van der Waals surface area contributed by atoms with Gasteiger partial charge in [0, 0.05) is 11.3 Å². The maximum Gasteiger partial charge on any atom is 0.262 e. The summed E-state index contributed by atoms with van der Waals surface area (Å²) in [6.45, 7) is 8.29. The molecule has 0 aromatic heterocycles. The van der Waals surface area contributed by atoms with E-state index >= 15 is 0 Å². The summed E-state index contributed by atoms with van der Waals surface area (Å²) in [5, 5.41) is 6.96. The lowest BCUT2D eigenvalue weighted by Gasteiger charge is -2.14. The van der Waals surface area contributed by atoms with Gasteiger partial charge in [-0.25, -0.2) is 0 Å². The van der Waals surface area contributed by atoms with E-state index in [1.54, 1.807) is 25.5 Å². The summed E-state index contributed by atoms with van der Waals surface area (Å²) in [4.78, 5) is 17.8. The van der Waals surface area contributed by atoms with E-state index in [4.69, 9.17) is 14.3 Å². The molecule has 0 aliphatic heterocycles. The number of carbonyl (C=O) groups excluding carboxylic acids is 1. The van der Waals surface area contributed by atoms with Crippen molar-refractivity contribution in [2.24, 2.45) is 5.16 Å². The molecule has 3 rings (SSSR count). The SMILES string of the molecule is COc1cc(/C=N\OCc2ccc(C)cc2)ccc1OCC(=O)Nc1c(C)cc(C)cc1C. The second-order valence-corrected chi connectivity index (χ2v) is 8.01. The van der Waals surface area contributed by atoms with Gasteiger partial charge in [0.2, 0.25) is 0 Å². The molecule has 172 valence electrons. The molecule has 3 aromatic carbocycles. The fourth-order valence-electron chi connectivity index (χ4n) is 3.47. The first-order valence-electron chi connectivity index (χ1n) is 10.7. The van der Waals surface area contributed by atoms with E-state index in [0.29, 0.717) is 18.1 Å². The summed E-state index contributed by atoms with van der Waals surface area (Å²) in [5.41, 5.74) is 7.06. The minimum Gasteiger partial charge on any atom is -0.493 e. The molecule has 0 unspecified atom stereocenters. The largest absolute Gasteiger partial charge is 0.493 e. The van der Waals surface area contributed by atoms with Crippen LogP contribution in [0.25, 0.3) is 0 Å². The Balaban J connectivity index is 1.56. The molecule has 0 saturated carbocycles. The van der Waals surface area contributed by atoms with Crippen molar-refractivity contribution in [2.75, 3.05) is 19.0 Å². The Kier molecular flexibility index (Phi) is 8.08. The Morgan fingerprint density at radius 3 is 2.27 bits per heavy atom. The third kappa shape index (κ3) is 6.84. The number of nitrogens with one attached hydrogen (secondary N) is 1. The Labute approximate surface area is 195 Å². The molecule has 1 amide bonds. The minimum atomic E-state index is -0.234. The third-order valence-electron chi connectivity index (χ3n) is 5.12. The Hall–Kier alpha value is -3.80. The number of anilines is 1. The van der Waals surface area contributed by atoms with Crippen LogP contribution in [0.2, 0.25) is 0 Å². The molecule has 0 radical (unpaired) electrons. The monoisotopic (exact) mass is 446 g/mol. The molecule has 6 nitrogen and oxygen atoms in total. The Morgan fingerprint density at radius 2 is 1.61 bits per heavy atom. The molecular weight excluding hydrogens is 416 g/mol.